The Morgan fingerprint density at radius 3 is 2.75 bits per heavy atom. The highest BCUT2D eigenvalue weighted by Gasteiger charge is 2.12. The Labute approximate surface area is 151 Å². The third-order valence-electron chi connectivity index (χ3n) is 3.30. The molecule has 0 saturated carbocycles. The maximum Gasteiger partial charge on any atom is 0.257 e. The van der Waals surface area contributed by atoms with Crippen LogP contribution in [0.5, 0.6) is 0 Å². The predicted molar refractivity (Wildman–Crippen MR) is 97.2 cm³/mol. The molecule has 3 rings (SSSR count). The van der Waals surface area contributed by atoms with Crippen LogP contribution in [0.25, 0.3) is 11.3 Å². The van der Waals surface area contributed by atoms with Gasteiger partial charge >= 0.3 is 0 Å². The number of aryl methyl sites for hydroxylation is 1. The molecule has 0 fully saturated rings. The van der Waals surface area contributed by atoms with Crippen LogP contribution in [-0.2, 0) is 7.05 Å². The number of pyridine rings is 1. The van der Waals surface area contributed by atoms with Gasteiger partial charge in [-0.2, -0.15) is 0 Å². The zero-order chi connectivity index (χ0) is 17.3. The number of nitrogens with zero attached hydrogens (tertiary/aromatic N) is 2. The number of thiazole rings is 1. The molecule has 1 N–H and O–H groups in total. The molecule has 0 aliphatic carbocycles. The summed E-state index contributed by atoms with van der Waals surface area (Å²) in [5, 5.41) is 5.91. The lowest BCUT2D eigenvalue weighted by Crippen LogP contribution is -2.19. The third kappa shape index (κ3) is 3.51. The van der Waals surface area contributed by atoms with E-state index < -0.39 is 5.91 Å². The van der Waals surface area contributed by atoms with Crippen LogP contribution in [0.15, 0.2) is 46.7 Å². The first-order valence-corrected chi connectivity index (χ1v) is 8.46. The van der Waals surface area contributed by atoms with Crippen molar-refractivity contribution < 1.29 is 4.79 Å². The lowest BCUT2D eigenvalue weighted by atomic mass is 10.2. The number of carbonyl (C=O) groups excluding carboxylic acids is 1. The molecule has 0 bridgehead atoms. The summed E-state index contributed by atoms with van der Waals surface area (Å²) in [6.07, 6.45) is 1.54. The van der Waals surface area contributed by atoms with Crippen molar-refractivity contribution in [1.82, 2.24) is 9.55 Å². The van der Waals surface area contributed by atoms with Crippen molar-refractivity contribution in [3.8, 4) is 11.3 Å². The second-order valence-corrected chi connectivity index (χ2v) is 6.68. The molecule has 2 heterocycles. The van der Waals surface area contributed by atoms with Crippen molar-refractivity contribution in [3.63, 3.8) is 0 Å². The number of aromatic nitrogens is 2. The fourth-order valence-corrected chi connectivity index (χ4v) is 3.22. The Morgan fingerprint density at radius 1 is 1.25 bits per heavy atom. The van der Waals surface area contributed by atoms with Crippen molar-refractivity contribution in [1.29, 1.82) is 0 Å². The summed E-state index contributed by atoms with van der Waals surface area (Å²) in [7, 11) is 1.62. The molecule has 8 heteroatoms. The van der Waals surface area contributed by atoms with Gasteiger partial charge in [0.2, 0.25) is 0 Å². The normalized spacial score (nSPS) is 10.6. The third-order valence-corrected chi connectivity index (χ3v) is 4.60. The van der Waals surface area contributed by atoms with Gasteiger partial charge in [0, 0.05) is 40.8 Å². The highest BCUT2D eigenvalue weighted by molar-refractivity contribution is 7.14. The summed E-state index contributed by atoms with van der Waals surface area (Å²) in [4.78, 5) is 28.1. The van der Waals surface area contributed by atoms with Crippen LogP contribution >= 0.6 is 34.5 Å². The Morgan fingerprint density at radius 2 is 2.04 bits per heavy atom. The van der Waals surface area contributed by atoms with Crippen molar-refractivity contribution in [3.05, 3.63) is 67.9 Å². The number of amides is 1. The smallest absolute Gasteiger partial charge is 0.257 e. The number of hydrogen-bond donors (Lipinski definition) is 1. The molecule has 2 aromatic heterocycles. The zero-order valence-electron chi connectivity index (χ0n) is 12.4. The number of nitrogens with one attached hydrogen (secondary N) is 1. The van der Waals surface area contributed by atoms with Crippen LogP contribution in [0, 0.1) is 0 Å². The van der Waals surface area contributed by atoms with E-state index in [0.717, 1.165) is 5.56 Å². The molecule has 0 radical (unpaired) electrons. The van der Waals surface area contributed by atoms with E-state index in [4.69, 9.17) is 23.2 Å². The van der Waals surface area contributed by atoms with Crippen molar-refractivity contribution in [2.45, 2.75) is 0 Å². The van der Waals surface area contributed by atoms with E-state index in [2.05, 4.69) is 10.3 Å². The molecule has 0 aliphatic rings. The van der Waals surface area contributed by atoms with E-state index in [0.29, 0.717) is 20.9 Å². The van der Waals surface area contributed by atoms with Crippen molar-refractivity contribution in [2.24, 2.45) is 7.05 Å². The van der Waals surface area contributed by atoms with Gasteiger partial charge in [0.1, 0.15) is 0 Å². The maximum atomic E-state index is 12.2. The maximum absolute atomic E-state index is 12.2. The van der Waals surface area contributed by atoms with Crippen LogP contribution in [-0.4, -0.2) is 15.5 Å². The molecule has 0 aliphatic heterocycles. The first kappa shape index (κ1) is 16.7. The van der Waals surface area contributed by atoms with Crippen LogP contribution in [0.2, 0.25) is 10.0 Å². The Balaban J connectivity index is 1.82. The average Bonchev–Trinajstić information content (AvgIpc) is 2.98. The van der Waals surface area contributed by atoms with Crippen LogP contribution in [0.1, 0.15) is 10.4 Å². The van der Waals surface area contributed by atoms with E-state index in [1.165, 1.54) is 28.2 Å². The minimum absolute atomic E-state index is 0.254. The minimum atomic E-state index is -0.393. The number of benzene rings is 1. The molecule has 3 aromatic rings. The number of carbonyl (C=O) groups is 1. The molecule has 122 valence electrons. The number of anilines is 1. The minimum Gasteiger partial charge on any atom is -0.319 e. The summed E-state index contributed by atoms with van der Waals surface area (Å²) in [6, 6.07) is 7.98. The molecule has 0 spiro atoms. The second-order valence-electron chi connectivity index (χ2n) is 4.98. The van der Waals surface area contributed by atoms with Crippen molar-refractivity contribution >= 4 is 45.6 Å². The van der Waals surface area contributed by atoms with Gasteiger partial charge in [0.25, 0.3) is 11.5 Å². The molecule has 24 heavy (non-hydrogen) atoms. The molecular weight excluding hydrogens is 369 g/mol. The monoisotopic (exact) mass is 379 g/mol. The summed E-state index contributed by atoms with van der Waals surface area (Å²) < 4.78 is 1.39. The Kier molecular flexibility index (Phi) is 4.71. The van der Waals surface area contributed by atoms with Gasteiger partial charge in [-0.1, -0.05) is 23.2 Å². The number of rotatable bonds is 3. The van der Waals surface area contributed by atoms with Gasteiger partial charge in [-0.3, -0.25) is 14.9 Å². The molecule has 1 amide bonds. The van der Waals surface area contributed by atoms with Gasteiger partial charge in [-0.05, 0) is 24.3 Å². The molecular formula is C16H11Cl2N3O2S. The Hall–Kier alpha value is -2.15. The SMILES string of the molecule is Cn1ccc(C(=O)Nc2nc(-c3ccc(Cl)cc3Cl)cs2)cc1=O. The molecule has 5 nitrogen and oxygen atoms in total. The Bertz CT molecular complexity index is 981. The zero-order valence-corrected chi connectivity index (χ0v) is 14.7. The lowest BCUT2D eigenvalue weighted by molar-refractivity contribution is 0.102. The molecule has 0 saturated heterocycles. The average molecular weight is 380 g/mol. The highest BCUT2D eigenvalue weighted by atomic mass is 35.5. The standard InChI is InChI=1S/C16H11Cl2N3O2S/c1-21-5-4-9(6-14(21)22)15(23)20-16-19-13(8-24-16)11-3-2-10(17)7-12(11)18/h2-8H,1H3,(H,19,20,23). The highest BCUT2D eigenvalue weighted by Crippen LogP contribution is 2.32. The fourth-order valence-electron chi connectivity index (χ4n) is 2.01. The van der Waals surface area contributed by atoms with E-state index in [1.807, 2.05) is 0 Å². The van der Waals surface area contributed by atoms with E-state index in [9.17, 15) is 9.59 Å². The van der Waals surface area contributed by atoms with Crippen LogP contribution in [0.4, 0.5) is 5.13 Å². The quantitative estimate of drug-likeness (QED) is 0.745. The van der Waals surface area contributed by atoms with Gasteiger partial charge in [-0.25, -0.2) is 4.98 Å². The summed E-state index contributed by atoms with van der Waals surface area (Å²) in [6.45, 7) is 0. The molecule has 0 unspecified atom stereocenters. The first-order valence-electron chi connectivity index (χ1n) is 6.83. The van der Waals surface area contributed by atoms with Gasteiger partial charge in [0.15, 0.2) is 5.13 Å². The van der Waals surface area contributed by atoms with E-state index in [1.54, 1.807) is 36.7 Å². The number of halogens is 2. The van der Waals surface area contributed by atoms with Gasteiger partial charge < -0.3 is 4.57 Å². The van der Waals surface area contributed by atoms with E-state index in [-0.39, 0.29) is 11.1 Å². The second kappa shape index (κ2) is 6.76. The van der Waals surface area contributed by atoms with Gasteiger partial charge in [0.05, 0.1) is 10.7 Å². The first-order chi connectivity index (χ1) is 11.4. The fraction of sp³-hybridized carbons (Fsp3) is 0.0625. The lowest BCUT2D eigenvalue weighted by Gasteiger charge is -2.03. The van der Waals surface area contributed by atoms with Crippen LogP contribution < -0.4 is 10.9 Å². The summed E-state index contributed by atoms with van der Waals surface area (Å²) in [5.41, 5.74) is 1.39. The molecule has 0 atom stereocenters. The van der Waals surface area contributed by atoms with Crippen LogP contribution in [0.3, 0.4) is 0 Å². The number of hydrogen-bond acceptors (Lipinski definition) is 4. The largest absolute Gasteiger partial charge is 0.319 e. The van der Waals surface area contributed by atoms with Gasteiger partial charge in [-0.15, -0.1) is 11.3 Å². The van der Waals surface area contributed by atoms with E-state index >= 15 is 0 Å². The van der Waals surface area contributed by atoms with Crippen molar-refractivity contribution in [2.75, 3.05) is 5.32 Å². The molecule has 1 aromatic carbocycles. The summed E-state index contributed by atoms with van der Waals surface area (Å²) >= 11 is 13.3. The topological polar surface area (TPSA) is 64.0 Å². The predicted octanol–water partition coefficient (Wildman–Crippen LogP) is 4.07. The summed E-state index contributed by atoms with van der Waals surface area (Å²) in [5.74, 6) is -0.393.